The van der Waals surface area contributed by atoms with E-state index in [2.05, 4.69) is 0 Å². The van der Waals surface area contributed by atoms with Crippen LogP contribution in [-0.4, -0.2) is 38.8 Å². The van der Waals surface area contributed by atoms with Gasteiger partial charge in [-0.05, 0) is 35.9 Å². The molecule has 0 aromatic heterocycles. The number of esters is 2. The summed E-state index contributed by atoms with van der Waals surface area (Å²) >= 11 is 0. The number of phenols is 3. The fraction of sp³-hybridized carbons (Fsp3) is 0.120. The third-order valence-electron chi connectivity index (χ3n) is 5.97. The normalized spacial score (nSPS) is 20.1. The van der Waals surface area contributed by atoms with Crippen LogP contribution in [0.5, 0.6) is 28.7 Å². The number of aromatic hydroxyl groups is 3. The minimum Gasteiger partial charge on any atom is -0.508 e. The van der Waals surface area contributed by atoms with Crippen LogP contribution in [0.2, 0.25) is 0 Å². The quantitative estimate of drug-likeness (QED) is 0.305. The van der Waals surface area contributed by atoms with Gasteiger partial charge in [-0.25, -0.2) is 0 Å². The molecule has 2 aliphatic heterocycles. The number of hydrogen-bond acceptors (Lipinski definition) is 9. The minimum atomic E-state index is -1.66. The van der Waals surface area contributed by atoms with Gasteiger partial charge in [0.15, 0.2) is 11.6 Å². The number of carbonyl (C=O) groups excluding carboxylic acids is 4. The largest absolute Gasteiger partial charge is 0.508 e. The van der Waals surface area contributed by atoms with E-state index in [-0.39, 0.29) is 45.4 Å². The van der Waals surface area contributed by atoms with Crippen LogP contribution in [0.25, 0.3) is 0 Å². The van der Waals surface area contributed by atoms with E-state index >= 15 is 0 Å². The number of carbonyl (C=O) groups is 4. The van der Waals surface area contributed by atoms with Crippen molar-refractivity contribution in [3.8, 4) is 28.7 Å². The first kappa shape index (κ1) is 21.2. The molecule has 0 aliphatic carbocycles. The molecule has 170 valence electrons. The van der Waals surface area contributed by atoms with E-state index in [1.807, 2.05) is 0 Å². The van der Waals surface area contributed by atoms with Crippen LogP contribution in [0.1, 0.15) is 32.2 Å². The van der Waals surface area contributed by atoms with E-state index in [4.69, 9.17) is 9.47 Å². The molecule has 9 nitrogen and oxygen atoms in total. The fourth-order valence-corrected chi connectivity index (χ4v) is 4.43. The standard InChI is InChI=1S/C25H16O9/c26-11-5-7-14-17(9-11)33-24(31)20(22(14)29)19(13-3-1-2-4-16(13)28)21-23(30)15-8-6-12(27)10-18(15)34-25(21)32/h1-10,19-21,26-28H. The summed E-state index contributed by atoms with van der Waals surface area (Å²) in [4.78, 5) is 53.0. The number of para-hydroxylation sites is 1. The van der Waals surface area contributed by atoms with Gasteiger partial charge in [0.2, 0.25) is 0 Å². The fourth-order valence-electron chi connectivity index (χ4n) is 4.43. The van der Waals surface area contributed by atoms with Crippen molar-refractivity contribution in [2.24, 2.45) is 11.8 Å². The first-order chi connectivity index (χ1) is 16.3. The summed E-state index contributed by atoms with van der Waals surface area (Å²) < 4.78 is 10.6. The number of phenolic OH excluding ortho intramolecular Hbond substituents is 3. The van der Waals surface area contributed by atoms with Gasteiger partial charge in [-0.2, -0.15) is 0 Å². The smallest absolute Gasteiger partial charge is 0.322 e. The number of ketones is 2. The summed E-state index contributed by atoms with van der Waals surface area (Å²) in [6, 6.07) is 13.0. The van der Waals surface area contributed by atoms with Gasteiger partial charge in [0.1, 0.15) is 40.6 Å². The first-order valence-corrected chi connectivity index (χ1v) is 10.2. The average molecular weight is 460 g/mol. The Morgan fingerprint density at radius 3 is 1.59 bits per heavy atom. The predicted molar refractivity (Wildman–Crippen MR) is 114 cm³/mol. The molecule has 5 rings (SSSR count). The lowest BCUT2D eigenvalue weighted by Crippen LogP contribution is -2.46. The first-order valence-electron chi connectivity index (χ1n) is 10.2. The summed E-state index contributed by atoms with van der Waals surface area (Å²) in [6.45, 7) is 0. The van der Waals surface area contributed by atoms with Crippen molar-refractivity contribution in [2.45, 2.75) is 5.92 Å². The lowest BCUT2D eigenvalue weighted by molar-refractivity contribution is -0.142. The van der Waals surface area contributed by atoms with Crippen molar-refractivity contribution in [1.82, 2.24) is 0 Å². The third-order valence-corrected chi connectivity index (χ3v) is 5.97. The van der Waals surface area contributed by atoms with Gasteiger partial charge in [0, 0.05) is 18.1 Å². The van der Waals surface area contributed by atoms with E-state index in [1.54, 1.807) is 0 Å². The van der Waals surface area contributed by atoms with Gasteiger partial charge < -0.3 is 24.8 Å². The van der Waals surface area contributed by atoms with Crippen molar-refractivity contribution in [3.05, 3.63) is 77.4 Å². The summed E-state index contributed by atoms with van der Waals surface area (Å²) in [7, 11) is 0. The van der Waals surface area contributed by atoms with E-state index in [1.165, 1.54) is 48.5 Å². The van der Waals surface area contributed by atoms with E-state index < -0.39 is 41.3 Å². The van der Waals surface area contributed by atoms with Gasteiger partial charge >= 0.3 is 11.9 Å². The van der Waals surface area contributed by atoms with Crippen LogP contribution in [0.4, 0.5) is 0 Å². The molecule has 3 N–H and O–H groups in total. The van der Waals surface area contributed by atoms with Gasteiger partial charge in [-0.15, -0.1) is 0 Å². The Labute approximate surface area is 191 Å². The molecular weight excluding hydrogens is 444 g/mol. The van der Waals surface area contributed by atoms with Crippen LogP contribution >= 0.6 is 0 Å². The molecule has 2 unspecified atom stereocenters. The highest BCUT2D eigenvalue weighted by Gasteiger charge is 2.53. The highest BCUT2D eigenvalue weighted by atomic mass is 16.5. The zero-order chi connectivity index (χ0) is 24.1. The van der Waals surface area contributed by atoms with Crippen molar-refractivity contribution in [3.63, 3.8) is 0 Å². The Morgan fingerprint density at radius 2 is 1.12 bits per heavy atom. The summed E-state index contributed by atoms with van der Waals surface area (Å²) in [5, 5.41) is 29.9. The lowest BCUT2D eigenvalue weighted by Gasteiger charge is -2.34. The summed E-state index contributed by atoms with van der Waals surface area (Å²) in [5.74, 6) is -9.43. The molecule has 0 amide bonds. The number of rotatable bonds is 3. The number of benzene rings is 3. The Bertz CT molecular complexity index is 1310. The minimum absolute atomic E-state index is 0.0116. The molecule has 2 atom stereocenters. The van der Waals surface area contributed by atoms with E-state index in [0.717, 1.165) is 12.1 Å². The van der Waals surface area contributed by atoms with Crippen LogP contribution in [0, 0.1) is 11.8 Å². The topological polar surface area (TPSA) is 147 Å². The predicted octanol–water partition coefficient (Wildman–Crippen LogP) is 2.72. The maximum atomic E-state index is 13.5. The second kappa shape index (κ2) is 7.73. The second-order valence-corrected chi connectivity index (χ2v) is 7.97. The third kappa shape index (κ3) is 3.25. The average Bonchev–Trinajstić information content (AvgIpc) is 2.78. The van der Waals surface area contributed by atoms with Crippen LogP contribution < -0.4 is 9.47 Å². The van der Waals surface area contributed by atoms with Gasteiger partial charge in [-0.3, -0.25) is 19.2 Å². The SMILES string of the molecule is O=C1Oc2cc(O)ccc2C(=O)C1C(c1ccccc1O)C1C(=O)Oc2cc(O)ccc2C1=O. The molecule has 3 aromatic carbocycles. The van der Waals surface area contributed by atoms with Crippen molar-refractivity contribution >= 4 is 23.5 Å². The molecule has 0 radical (unpaired) electrons. The Kier molecular flexibility index (Phi) is 4.82. The Morgan fingerprint density at radius 1 is 0.647 bits per heavy atom. The molecule has 0 fully saturated rings. The Balaban J connectivity index is 1.68. The number of Topliss-reactive ketones (excluding diaryl/α,β-unsaturated/α-hetero) is 2. The molecule has 34 heavy (non-hydrogen) atoms. The molecule has 0 bridgehead atoms. The molecule has 0 spiro atoms. The van der Waals surface area contributed by atoms with Crippen LogP contribution in [0.15, 0.2) is 60.7 Å². The van der Waals surface area contributed by atoms with Crippen LogP contribution in [0.3, 0.4) is 0 Å². The summed E-state index contributed by atoms with van der Waals surface area (Å²) in [5.41, 5.74) is -0.0351. The summed E-state index contributed by atoms with van der Waals surface area (Å²) in [6.07, 6.45) is 0. The number of fused-ring (bicyclic) bond motifs is 2. The molecule has 2 heterocycles. The zero-order valence-corrected chi connectivity index (χ0v) is 17.3. The lowest BCUT2D eigenvalue weighted by atomic mass is 9.70. The molecule has 9 heteroatoms. The van der Waals surface area contributed by atoms with Gasteiger partial charge in [0.05, 0.1) is 11.1 Å². The maximum Gasteiger partial charge on any atom is 0.322 e. The molecule has 3 aromatic rings. The highest BCUT2D eigenvalue weighted by Crippen LogP contribution is 2.46. The zero-order valence-electron chi connectivity index (χ0n) is 17.3. The molecule has 0 saturated heterocycles. The van der Waals surface area contributed by atoms with Gasteiger partial charge in [-0.1, -0.05) is 18.2 Å². The molecule has 0 saturated carbocycles. The van der Waals surface area contributed by atoms with Crippen molar-refractivity contribution < 1.29 is 44.0 Å². The monoisotopic (exact) mass is 460 g/mol. The Hall–Kier alpha value is -4.66. The van der Waals surface area contributed by atoms with Gasteiger partial charge in [0.25, 0.3) is 0 Å². The molecular formula is C25H16O9. The van der Waals surface area contributed by atoms with Crippen LogP contribution in [-0.2, 0) is 9.59 Å². The van der Waals surface area contributed by atoms with E-state index in [0.29, 0.717) is 0 Å². The number of ether oxygens (including phenoxy) is 2. The highest BCUT2D eigenvalue weighted by molar-refractivity contribution is 6.18. The second-order valence-electron chi connectivity index (χ2n) is 7.97. The van der Waals surface area contributed by atoms with Crippen molar-refractivity contribution in [2.75, 3.05) is 0 Å². The maximum absolute atomic E-state index is 13.5. The molecule has 2 aliphatic rings. The van der Waals surface area contributed by atoms with E-state index in [9.17, 15) is 34.5 Å². The number of hydrogen-bond donors (Lipinski definition) is 3. The van der Waals surface area contributed by atoms with Crippen molar-refractivity contribution in [1.29, 1.82) is 0 Å².